The molecule has 1 saturated heterocycles. The summed E-state index contributed by atoms with van der Waals surface area (Å²) >= 11 is 0. The third-order valence-corrected chi connectivity index (χ3v) is 4.55. The summed E-state index contributed by atoms with van der Waals surface area (Å²) in [5.41, 5.74) is -1.20. The molecule has 21 heavy (non-hydrogen) atoms. The first-order valence-electron chi connectivity index (χ1n) is 5.98. The molecule has 6 nitrogen and oxygen atoms in total. The van der Waals surface area contributed by atoms with Crippen LogP contribution in [0.5, 0.6) is 0 Å². The van der Waals surface area contributed by atoms with Gasteiger partial charge in [0.05, 0.1) is 18.0 Å². The molecule has 0 spiro atoms. The number of nitrogens with zero attached hydrogens (tertiary/aromatic N) is 2. The second-order valence-electron chi connectivity index (χ2n) is 4.67. The van der Waals surface area contributed by atoms with Gasteiger partial charge in [-0.2, -0.15) is 25.9 Å². The minimum atomic E-state index is -4.56. The van der Waals surface area contributed by atoms with Crippen LogP contribution in [-0.2, 0) is 21.1 Å². The van der Waals surface area contributed by atoms with Gasteiger partial charge < -0.3 is 4.74 Å². The van der Waals surface area contributed by atoms with E-state index in [2.05, 4.69) is 9.71 Å². The lowest BCUT2D eigenvalue weighted by molar-refractivity contribution is -0.141. The second-order valence-corrected chi connectivity index (χ2v) is 6.34. The molecule has 0 aromatic carbocycles. The van der Waals surface area contributed by atoms with Crippen molar-refractivity contribution in [3.8, 4) is 0 Å². The highest BCUT2D eigenvalue weighted by Gasteiger charge is 2.37. The fourth-order valence-corrected chi connectivity index (χ4v) is 3.15. The van der Waals surface area contributed by atoms with Crippen LogP contribution in [0.25, 0.3) is 0 Å². The highest BCUT2D eigenvalue weighted by molar-refractivity contribution is 7.90. The normalized spacial score (nSPS) is 17.6. The maximum Gasteiger partial charge on any atom is 0.433 e. The van der Waals surface area contributed by atoms with E-state index in [0.29, 0.717) is 0 Å². The van der Waals surface area contributed by atoms with Crippen molar-refractivity contribution in [3.63, 3.8) is 0 Å². The molecular weight excluding hydrogens is 311 g/mol. The molecule has 1 N–H and O–H groups in total. The van der Waals surface area contributed by atoms with E-state index in [1.807, 2.05) is 0 Å². The molecule has 1 aliphatic heterocycles. The summed E-state index contributed by atoms with van der Waals surface area (Å²) in [4.78, 5) is 3.27. The first kappa shape index (κ1) is 16.0. The molecule has 10 heteroatoms. The molecule has 0 saturated carbocycles. The summed E-state index contributed by atoms with van der Waals surface area (Å²) in [7, 11) is -2.33. The molecule has 0 aliphatic carbocycles. The Hall–Kier alpha value is -1.39. The van der Waals surface area contributed by atoms with Gasteiger partial charge in [0, 0.05) is 20.2 Å². The molecule has 0 radical (unpaired) electrons. The Bertz CT molecular complexity index is 627. The highest BCUT2D eigenvalue weighted by Crippen LogP contribution is 2.31. The Morgan fingerprint density at radius 2 is 2.05 bits per heavy atom. The van der Waals surface area contributed by atoms with Gasteiger partial charge in [-0.1, -0.05) is 0 Å². The Morgan fingerprint density at radius 3 is 2.52 bits per heavy atom. The number of rotatable bonds is 4. The van der Waals surface area contributed by atoms with Gasteiger partial charge in [0.2, 0.25) is 0 Å². The molecule has 118 valence electrons. The fraction of sp³-hybridized carbons (Fsp3) is 0.545. The van der Waals surface area contributed by atoms with Gasteiger partial charge in [-0.3, -0.25) is 4.72 Å². The number of hydrogen-bond acceptors (Lipinski definition) is 4. The topological polar surface area (TPSA) is 71.5 Å². The number of ether oxygens (including phenoxy) is 1. The van der Waals surface area contributed by atoms with Gasteiger partial charge in [-0.05, 0) is 18.6 Å². The molecular formula is C11H14F3N3O3S. The van der Waals surface area contributed by atoms with Crippen LogP contribution in [0, 0.1) is 6.92 Å². The molecule has 2 heterocycles. The molecule has 1 aromatic rings. The molecule has 1 fully saturated rings. The average Bonchev–Trinajstić information content (AvgIpc) is 2.24. The van der Waals surface area contributed by atoms with Crippen LogP contribution in [0.4, 0.5) is 18.9 Å². The minimum absolute atomic E-state index is 0.0126. The number of alkyl halides is 3. The average molecular weight is 325 g/mol. The van der Waals surface area contributed by atoms with E-state index in [-0.39, 0.29) is 30.4 Å². The lowest BCUT2D eigenvalue weighted by Gasteiger charge is -2.36. The zero-order valence-corrected chi connectivity index (χ0v) is 12.1. The van der Waals surface area contributed by atoms with Crippen LogP contribution >= 0.6 is 0 Å². The van der Waals surface area contributed by atoms with E-state index in [1.165, 1.54) is 14.0 Å². The number of pyridine rings is 1. The van der Waals surface area contributed by atoms with Gasteiger partial charge in [-0.15, -0.1) is 0 Å². The van der Waals surface area contributed by atoms with E-state index < -0.39 is 22.1 Å². The summed E-state index contributed by atoms with van der Waals surface area (Å²) in [5, 5.41) is 0. The molecule has 0 bridgehead atoms. The summed E-state index contributed by atoms with van der Waals surface area (Å²) < 4.78 is 69.9. The van der Waals surface area contributed by atoms with E-state index >= 15 is 0 Å². The first-order chi connectivity index (χ1) is 9.63. The molecule has 2 rings (SSSR count). The van der Waals surface area contributed by atoms with Gasteiger partial charge >= 0.3 is 16.4 Å². The maximum absolute atomic E-state index is 12.6. The predicted molar refractivity (Wildman–Crippen MR) is 68.9 cm³/mol. The van der Waals surface area contributed by atoms with Crippen molar-refractivity contribution >= 4 is 15.9 Å². The summed E-state index contributed by atoms with van der Waals surface area (Å²) in [6.07, 6.45) is -3.87. The lowest BCUT2D eigenvalue weighted by Crippen LogP contribution is -2.55. The van der Waals surface area contributed by atoms with Crippen LogP contribution in [0.2, 0.25) is 0 Å². The van der Waals surface area contributed by atoms with Crippen molar-refractivity contribution in [2.45, 2.75) is 19.2 Å². The Labute approximate surface area is 120 Å². The SMILES string of the molecule is COC1CN(S(=O)(=O)Nc2cnc(C(F)(F)F)c(C)c2)C1. The zero-order chi connectivity index (χ0) is 15.8. The molecule has 0 atom stereocenters. The van der Waals surface area contributed by atoms with E-state index in [1.54, 1.807) is 0 Å². The van der Waals surface area contributed by atoms with E-state index in [4.69, 9.17) is 4.74 Å². The highest BCUT2D eigenvalue weighted by atomic mass is 32.2. The van der Waals surface area contributed by atoms with Crippen LogP contribution in [0.3, 0.4) is 0 Å². The molecule has 0 amide bonds. The second kappa shape index (κ2) is 5.43. The number of aromatic nitrogens is 1. The zero-order valence-electron chi connectivity index (χ0n) is 11.3. The minimum Gasteiger partial charge on any atom is -0.379 e. The largest absolute Gasteiger partial charge is 0.433 e. The smallest absolute Gasteiger partial charge is 0.379 e. The van der Waals surface area contributed by atoms with Crippen molar-refractivity contribution < 1.29 is 26.3 Å². The van der Waals surface area contributed by atoms with Gasteiger partial charge in [-0.25, -0.2) is 4.98 Å². The van der Waals surface area contributed by atoms with Crippen molar-refractivity contribution in [1.82, 2.24) is 9.29 Å². The predicted octanol–water partition coefficient (Wildman–Crippen LogP) is 1.40. The Morgan fingerprint density at radius 1 is 1.43 bits per heavy atom. The summed E-state index contributed by atoms with van der Waals surface area (Å²) in [5.74, 6) is 0. The fourth-order valence-electron chi connectivity index (χ4n) is 1.89. The molecule has 0 unspecified atom stereocenters. The van der Waals surface area contributed by atoms with Crippen LogP contribution in [-0.4, -0.2) is 44.0 Å². The van der Waals surface area contributed by atoms with Crippen LogP contribution in [0.15, 0.2) is 12.3 Å². The molecule has 1 aromatic heterocycles. The van der Waals surface area contributed by atoms with E-state index in [0.717, 1.165) is 16.6 Å². The number of hydrogen-bond donors (Lipinski definition) is 1. The first-order valence-corrected chi connectivity index (χ1v) is 7.42. The third-order valence-electron chi connectivity index (χ3n) is 3.08. The van der Waals surface area contributed by atoms with E-state index in [9.17, 15) is 21.6 Å². The Balaban J connectivity index is 2.12. The Kier molecular flexibility index (Phi) is 4.13. The van der Waals surface area contributed by atoms with Gasteiger partial charge in [0.1, 0.15) is 5.69 Å². The van der Waals surface area contributed by atoms with Crippen LogP contribution < -0.4 is 4.72 Å². The van der Waals surface area contributed by atoms with Crippen molar-refractivity contribution in [2.75, 3.05) is 24.9 Å². The van der Waals surface area contributed by atoms with Gasteiger partial charge in [0.15, 0.2) is 0 Å². The van der Waals surface area contributed by atoms with Crippen molar-refractivity contribution in [3.05, 3.63) is 23.5 Å². The summed E-state index contributed by atoms with van der Waals surface area (Å²) in [6, 6.07) is 1.10. The monoisotopic (exact) mass is 325 g/mol. The third kappa shape index (κ3) is 3.44. The number of halogens is 3. The quantitative estimate of drug-likeness (QED) is 0.908. The van der Waals surface area contributed by atoms with Gasteiger partial charge in [0.25, 0.3) is 0 Å². The molecule has 1 aliphatic rings. The van der Waals surface area contributed by atoms with Crippen molar-refractivity contribution in [1.29, 1.82) is 0 Å². The standard InChI is InChI=1S/C11H14F3N3O3S/c1-7-3-8(4-15-10(7)11(12,13)14)16-21(18,19)17-5-9(6-17)20-2/h3-4,9,16H,5-6H2,1-2H3. The number of anilines is 1. The number of nitrogens with one attached hydrogen (secondary N) is 1. The number of aryl methyl sites for hydroxylation is 1. The van der Waals surface area contributed by atoms with Crippen molar-refractivity contribution in [2.24, 2.45) is 0 Å². The maximum atomic E-state index is 12.6. The summed E-state index contributed by atoms with van der Waals surface area (Å²) in [6.45, 7) is 1.63. The number of methoxy groups -OCH3 is 1. The lowest BCUT2D eigenvalue weighted by atomic mass is 10.2. The van der Waals surface area contributed by atoms with Crippen LogP contribution in [0.1, 0.15) is 11.3 Å².